The predicted molar refractivity (Wildman–Crippen MR) is 104 cm³/mol. The molecule has 7 heteroatoms. The second-order valence-corrected chi connectivity index (χ2v) is 6.55. The molecule has 1 N–H and O–H groups in total. The van der Waals surface area contributed by atoms with E-state index in [1.54, 1.807) is 35.2 Å². The van der Waals surface area contributed by atoms with Gasteiger partial charge in [-0.05, 0) is 42.7 Å². The van der Waals surface area contributed by atoms with Crippen molar-refractivity contribution in [3.63, 3.8) is 0 Å². The molecule has 1 heterocycles. The number of ether oxygens (including phenoxy) is 2. The number of benzene rings is 2. The Balaban J connectivity index is 1.62. The van der Waals surface area contributed by atoms with Crippen LogP contribution in [0.4, 0.5) is 15.8 Å². The first-order valence-corrected chi connectivity index (χ1v) is 9.12. The van der Waals surface area contributed by atoms with Crippen molar-refractivity contribution in [3.8, 4) is 11.5 Å². The highest BCUT2D eigenvalue weighted by atomic mass is 19.1. The molecule has 1 saturated heterocycles. The van der Waals surface area contributed by atoms with E-state index in [1.807, 2.05) is 0 Å². The van der Waals surface area contributed by atoms with Crippen LogP contribution < -0.4 is 19.7 Å². The lowest BCUT2D eigenvalue weighted by molar-refractivity contribution is -0.117. The van der Waals surface area contributed by atoms with Crippen LogP contribution >= 0.6 is 0 Å². The van der Waals surface area contributed by atoms with E-state index in [-0.39, 0.29) is 24.0 Å². The van der Waals surface area contributed by atoms with E-state index < -0.39 is 5.82 Å². The fourth-order valence-electron chi connectivity index (χ4n) is 3.23. The Kier molecular flexibility index (Phi) is 6.13. The summed E-state index contributed by atoms with van der Waals surface area (Å²) in [5.74, 6) is 0.143. The molecule has 2 aromatic carbocycles. The SMILES string of the molecule is COc1ccc(CCC(=O)Nc2ccc(N3CCCC3=O)c(OC)c2)cc1F. The monoisotopic (exact) mass is 386 g/mol. The van der Waals surface area contributed by atoms with Crippen LogP contribution in [0.5, 0.6) is 11.5 Å². The van der Waals surface area contributed by atoms with E-state index in [0.29, 0.717) is 42.1 Å². The molecule has 1 aliphatic rings. The van der Waals surface area contributed by atoms with Gasteiger partial charge in [0, 0.05) is 31.1 Å². The van der Waals surface area contributed by atoms with Gasteiger partial charge < -0.3 is 19.7 Å². The van der Waals surface area contributed by atoms with Crippen LogP contribution in [0.1, 0.15) is 24.8 Å². The van der Waals surface area contributed by atoms with Crippen LogP contribution in [0.15, 0.2) is 36.4 Å². The molecular weight excluding hydrogens is 363 g/mol. The van der Waals surface area contributed by atoms with Crippen LogP contribution in [0, 0.1) is 5.82 Å². The molecule has 1 fully saturated rings. The van der Waals surface area contributed by atoms with E-state index >= 15 is 0 Å². The van der Waals surface area contributed by atoms with E-state index in [2.05, 4.69) is 5.32 Å². The van der Waals surface area contributed by atoms with E-state index in [4.69, 9.17) is 9.47 Å². The first-order valence-electron chi connectivity index (χ1n) is 9.12. The zero-order valence-electron chi connectivity index (χ0n) is 16.0. The third-order valence-electron chi connectivity index (χ3n) is 4.68. The quantitative estimate of drug-likeness (QED) is 0.790. The number of halogens is 1. The van der Waals surface area contributed by atoms with Gasteiger partial charge in [-0.15, -0.1) is 0 Å². The first-order chi connectivity index (χ1) is 13.5. The van der Waals surface area contributed by atoms with Crippen molar-refractivity contribution in [2.45, 2.75) is 25.7 Å². The second kappa shape index (κ2) is 8.73. The lowest BCUT2D eigenvalue weighted by Crippen LogP contribution is -2.24. The Morgan fingerprint density at radius 3 is 2.57 bits per heavy atom. The van der Waals surface area contributed by atoms with Crippen LogP contribution in [0.2, 0.25) is 0 Å². The summed E-state index contributed by atoms with van der Waals surface area (Å²) in [7, 11) is 2.94. The molecule has 0 aliphatic carbocycles. The van der Waals surface area contributed by atoms with Gasteiger partial charge in [-0.3, -0.25) is 9.59 Å². The molecule has 2 aromatic rings. The molecular formula is C21H23FN2O4. The minimum absolute atomic E-state index is 0.0711. The first kappa shape index (κ1) is 19.7. The molecule has 0 bridgehead atoms. The molecule has 0 radical (unpaired) electrons. The van der Waals surface area contributed by atoms with Gasteiger partial charge in [0.1, 0.15) is 5.75 Å². The summed E-state index contributed by atoms with van der Waals surface area (Å²) in [5.41, 5.74) is 2.00. The van der Waals surface area contributed by atoms with Crippen LogP contribution in [-0.2, 0) is 16.0 Å². The number of amides is 2. The third kappa shape index (κ3) is 4.42. The number of rotatable bonds is 7. The summed E-state index contributed by atoms with van der Waals surface area (Å²) < 4.78 is 24.0. The Morgan fingerprint density at radius 1 is 1.14 bits per heavy atom. The lowest BCUT2D eigenvalue weighted by Gasteiger charge is -2.19. The second-order valence-electron chi connectivity index (χ2n) is 6.55. The number of nitrogens with one attached hydrogen (secondary N) is 1. The number of hydrogen-bond donors (Lipinski definition) is 1. The highest BCUT2D eigenvalue weighted by molar-refractivity contribution is 5.98. The Bertz CT molecular complexity index is 885. The summed E-state index contributed by atoms with van der Waals surface area (Å²) in [4.78, 5) is 25.9. The summed E-state index contributed by atoms with van der Waals surface area (Å²) in [6, 6.07) is 9.87. The number of carbonyl (C=O) groups excluding carboxylic acids is 2. The predicted octanol–water partition coefficient (Wildman–Crippen LogP) is 3.54. The zero-order valence-corrected chi connectivity index (χ0v) is 16.0. The van der Waals surface area contributed by atoms with Gasteiger partial charge >= 0.3 is 0 Å². The van der Waals surface area contributed by atoms with E-state index in [9.17, 15) is 14.0 Å². The maximum absolute atomic E-state index is 13.7. The Labute approximate surface area is 163 Å². The topological polar surface area (TPSA) is 67.9 Å². The average Bonchev–Trinajstić information content (AvgIpc) is 3.12. The molecule has 3 rings (SSSR count). The molecule has 2 amide bonds. The normalized spacial score (nSPS) is 13.5. The van der Waals surface area contributed by atoms with Crippen molar-refractivity contribution in [2.24, 2.45) is 0 Å². The number of carbonyl (C=O) groups is 2. The number of aryl methyl sites for hydroxylation is 1. The largest absolute Gasteiger partial charge is 0.494 e. The fourth-order valence-corrected chi connectivity index (χ4v) is 3.23. The van der Waals surface area contributed by atoms with Gasteiger partial charge in [0.15, 0.2) is 11.6 Å². The van der Waals surface area contributed by atoms with Crippen molar-refractivity contribution >= 4 is 23.2 Å². The highest BCUT2D eigenvalue weighted by Crippen LogP contribution is 2.33. The van der Waals surface area contributed by atoms with Gasteiger partial charge in [-0.2, -0.15) is 0 Å². The van der Waals surface area contributed by atoms with Crippen molar-refractivity contribution in [3.05, 3.63) is 47.8 Å². The standard InChI is InChI=1S/C21H23FN2O4/c1-27-18-9-5-14(12-16(18)22)6-10-20(25)23-15-7-8-17(19(13-15)28-2)24-11-3-4-21(24)26/h5,7-9,12-13H,3-4,6,10-11H2,1-2H3,(H,23,25). The Morgan fingerprint density at radius 2 is 1.93 bits per heavy atom. The van der Waals surface area contributed by atoms with Gasteiger partial charge in [-0.25, -0.2) is 4.39 Å². The van der Waals surface area contributed by atoms with E-state index in [0.717, 1.165) is 6.42 Å². The summed E-state index contributed by atoms with van der Waals surface area (Å²) in [6.07, 6.45) is 1.98. The Hall–Kier alpha value is -3.09. The van der Waals surface area contributed by atoms with Gasteiger partial charge in [0.25, 0.3) is 0 Å². The van der Waals surface area contributed by atoms with Gasteiger partial charge in [0.2, 0.25) is 11.8 Å². The molecule has 0 saturated carbocycles. The number of hydrogen-bond acceptors (Lipinski definition) is 4. The molecule has 0 unspecified atom stereocenters. The maximum Gasteiger partial charge on any atom is 0.227 e. The summed E-state index contributed by atoms with van der Waals surface area (Å²) >= 11 is 0. The fraction of sp³-hybridized carbons (Fsp3) is 0.333. The van der Waals surface area contributed by atoms with Crippen molar-refractivity contribution < 1.29 is 23.5 Å². The zero-order chi connectivity index (χ0) is 20.1. The van der Waals surface area contributed by atoms with Gasteiger partial charge in [-0.1, -0.05) is 6.07 Å². The molecule has 28 heavy (non-hydrogen) atoms. The van der Waals surface area contributed by atoms with Crippen LogP contribution in [0.25, 0.3) is 0 Å². The molecule has 1 aliphatic heterocycles. The number of nitrogens with zero attached hydrogens (tertiary/aromatic N) is 1. The highest BCUT2D eigenvalue weighted by Gasteiger charge is 2.24. The minimum atomic E-state index is -0.447. The van der Waals surface area contributed by atoms with Crippen molar-refractivity contribution in [2.75, 3.05) is 31.0 Å². The van der Waals surface area contributed by atoms with Crippen molar-refractivity contribution in [1.29, 1.82) is 0 Å². The van der Waals surface area contributed by atoms with Gasteiger partial charge in [0.05, 0.1) is 19.9 Å². The molecule has 148 valence electrons. The van der Waals surface area contributed by atoms with E-state index in [1.165, 1.54) is 20.3 Å². The summed E-state index contributed by atoms with van der Waals surface area (Å²) in [5, 5.41) is 2.81. The number of anilines is 2. The third-order valence-corrected chi connectivity index (χ3v) is 4.68. The van der Waals surface area contributed by atoms with Crippen LogP contribution in [-0.4, -0.2) is 32.6 Å². The smallest absolute Gasteiger partial charge is 0.227 e. The molecule has 0 aromatic heterocycles. The lowest BCUT2D eigenvalue weighted by atomic mass is 10.1. The van der Waals surface area contributed by atoms with Crippen LogP contribution in [0.3, 0.4) is 0 Å². The average molecular weight is 386 g/mol. The maximum atomic E-state index is 13.7. The molecule has 0 spiro atoms. The molecule has 6 nitrogen and oxygen atoms in total. The molecule has 0 atom stereocenters. The summed E-state index contributed by atoms with van der Waals surface area (Å²) in [6.45, 7) is 0.666. The minimum Gasteiger partial charge on any atom is -0.494 e. The number of methoxy groups -OCH3 is 2. The van der Waals surface area contributed by atoms with Crippen molar-refractivity contribution in [1.82, 2.24) is 0 Å².